The number of aromatic hydroxyl groups is 1. The fourth-order valence-corrected chi connectivity index (χ4v) is 1.44. The number of hydrogen-bond acceptors (Lipinski definition) is 3. The minimum absolute atomic E-state index is 0.0722. The summed E-state index contributed by atoms with van der Waals surface area (Å²) in [5.74, 6) is -1.20. The molecule has 0 spiro atoms. The van der Waals surface area contributed by atoms with Gasteiger partial charge in [-0.1, -0.05) is 6.07 Å². The van der Waals surface area contributed by atoms with Crippen LogP contribution in [0.3, 0.4) is 0 Å². The van der Waals surface area contributed by atoms with E-state index < -0.39 is 11.7 Å². The van der Waals surface area contributed by atoms with Crippen molar-refractivity contribution in [2.45, 2.75) is 6.92 Å². The molecule has 2 rings (SSSR count). The van der Waals surface area contributed by atoms with E-state index in [-0.39, 0.29) is 11.3 Å². The van der Waals surface area contributed by atoms with Crippen LogP contribution in [0.2, 0.25) is 0 Å². The van der Waals surface area contributed by atoms with Crippen LogP contribution >= 0.6 is 0 Å². The number of nitrogens with one attached hydrogen (secondary N) is 1. The highest BCUT2D eigenvalue weighted by Crippen LogP contribution is 2.21. The third kappa shape index (κ3) is 2.45. The van der Waals surface area contributed by atoms with Gasteiger partial charge in [0.15, 0.2) is 5.82 Å². The van der Waals surface area contributed by atoms with Gasteiger partial charge in [-0.15, -0.1) is 0 Å². The van der Waals surface area contributed by atoms with Gasteiger partial charge in [-0.3, -0.25) is 9.78 Å². The largest absolute Gasteiger partial charge is 0.508 e. The zero-order valence-corrected chi connectivity index (χ0v) is 9.64. The van der Waals surface area contributed by atoms with Crippen molar-refractivity contribution in [2.75, 3.05) is 5.32 Å². The Morgan fingerprint density at radius 2 is 2.17 bits per heavy atom. The van der Waals surface area contributed by atoms with Crippen molar-refractivity contribution in [3.63, 3.8) is 0 Å². The lowest BCUT2D eigenvalue weighted by atomic mass is 10.2. The molecule has 2 aromatic rings. The van der Waals surface area contributed by atoms with Crippen molar-refractivity contribution >= 4 is 11.6 Å². The number of halogens is 1. The van der Waals surface area contributed by atoms with Crippen molar-refractivity contribution in [1.29, 1.82) is 0 Å². The van der Waals surface area contributed by atoms with Gasteiger partial charge < -0.3 is 10.4 Å². The van der Waals surface area contributed by atoms with Crippen LogP contribution in [-0.4, -0.2) is 16.0 Å². The first kappa shape index (κ1) is 12.0. The van der Waals surface area contributed by atoms with E-state index in [1.165, 1.54) is 18.3 Å². The number of pyridine rings is 1. The fraction of sp³-hybridized carbons (Fsp3) is 0.0769. The Labute approximate surface area is 103 Å². The molecule has 1 aromatic heterocycles. The molecule has 1 amide bonds. The molecule has 0 saturated heterocycles. The van der Waals surface area contributed by atoms with E-state index in [0.29, 0.717) is 11.3 Å². The highest BCUT2D eigenvalue weighted by Gasteiger charge is 2.11. The van der Waals surface area contributed by atoms with E-state index in [1.807, 2.05) is 0 Å². The zero-order chi connectivity index (χ0) is 13.1. The molecule has 0 aliphatic rings. The van der Waals surface area contributed by atoms with Gasteiger partial charge in [0.1, 0.15) is 5.75 Å². The second-order valence-electron chi connectivity index (χ2n) is 3.81. The fourth-order valence-electron chi connectivity index (χ4n) is 1.44. The number of hydrogen-bond donors (Lipinski definition) is 2. The summed E-state index contributed by atoms with van der Waals surface area (Å²) in [5.41, 5.74) is 1.01. The van der Waals surface area contributed by atoms with Crippen LogP contribution in [0.5, 0.6) is 5.75 Å². The Balaban J connectivity index is 2.22. The van der Waals surface area contributed by atoms with Crippen molar-refractivity contribution in [3.05, 3.63) is 53.6 Å². The van der Waals surface area contributed by atoms with Crippen LogP contribution in [-0.2, 0) is 0 Å². The summed E-state index contributed by atoms with van der Waals surface area (Å²) in [5, 5.41) is 12.0. The Kier molecular flexibility index (Phi) is 3.23. The number of rotatable bonds is 2. The van der Waals surface area contributed by atoms with Gasteiger partial charge >= 0.3 is 0 Å². The number of nitrogens with zero attached hydrogens (tertiary/aromatic N) is 1. The number of aromatic nitrogens is 1. The first-order valence-electron chi connectivity index (χ1n) is 5.28. The van der Waals surface area contributed by atoms with Crippen LogP contribution < -0.4 is 5.32 Å². The summed E-state index contributed by atoms with van der Waals surface area (Å²) in [6.07, 6.45) is 2.31. The summed E-state index contributed by atoms with van der Waals surface area (Å²) in [6.45, 7) is 1.74. The van der Waals surface area contributed by atoms with Crippen molar-refractivity contribution < 1.29 is 14.3 Å². The maximum absolute atomic E-state index is 13.3. The number of phenols is 1. The van der Waals surface area contributed by atoms with Crippen LogP contribution in [0, 0.1) is 12.7 Å². The van der Waals surface area contributed by atoms with E-state index >= 15 is 0 Å². The number of anilines is 1. The molecule has 18 heavy (non-hydrogen) atoms. The third-order valence-electron chi connectivity index (χ3n) is 2.48. The minimum atomic E-state index is -0.689. The first-order valence-corrected chi connectivity index (χ1v) is 5.28. The number of carbonyl (C=O) groups is 1. The number of benzene rings is 1. The molecule has 4 nitrogen and oxygen atoms in total. The molecule has 0 unspecified atom stereocenters. The van der Waals surface area contributed by atoms with Gasteiger partial charge in [-0.2, -0.15) is 0 Å². The van der Waals surface area contributed by atoms with E-state index in [0.717, 1.165) is 6.20 Å². The number of phenolic OH excluding ortho intramolecular Hbond substituents is 1. The second-order valence-corrected chi connectivity index (χ2v) is 3.81. The van der Waals surface area contributed by atoms with E-state index in [1.54, 1.807) is 19.1 Å². The molecule has 5 heteroatoms. The lowest BCUT2D eigenvalue weighted by molar-refractivity contribution is 0.102. The summed E-state index contributed by atoms with van der Waals surface area (Å²) >= 11 is 0. The molecule has 0 atom stereocenters. The molecular weight excluding hydrogens is 235 g/mol. The SMILES string of the molecule is Cc1ccc(NC(=O)c2ccncc2F)cc1O. The van der Waals surface area contributed by atoms with E-state index in [2.05, 4.69) is 10.3 Å². The normalized spacial score (nSPS) is 10.1. The van der Waals surface area contributed by atoms with Gasteiger partial charge in [-0.25, -0.2) is 4.39 Å². The Morgan fingerprint density at radius 3 is 2.83 bits per heavy atom. The summed E-state index contributed by atoms with van der Waals surface area (Å²) in [6, 6.07) is 5.99. The predicted octanol–water partition coefficient (Wildman–Crippen LogP) is 2.49. The average Bonchev–Trinajstić information content (AvgIpc) is 2.34. The second kappa shape index (κ2) is 4.83. The summed E-state index contributed by atoms with van der Waals surface area (Å²) in [4.78, 5) is 15.3. The molecular formula is C13H11FN2O2. The van der Waals surface area contributed by atoms with E-state index in [9.17, 15) is 14.3 Å². The quantitative estimate of drug-likeness (QED) is 0.855. The number of carbonyl (C=O) groups excluding carboxylic acids is 1. The van der Waals surface area contributed by atoms with Crippen molar-refractivity contribution in [2.24, 2.45) is 0 Å². The van der Waals surface area contributed by atoms with Crippen LogP contribution in [0.25, 0.3) is 0 Å². The van der Waals surface area contributed by atoms with Gasteiger partial charge in [0, 0.05) is 18.0 Å². The third-order valence-corrected chi connectivity index (χ3v) is 2.48. The predicted molar refractivity (Wildman–Crippen MR) is 65.0 cm³/mol. The molecule has 0 aliphatic carbocycles. The molecule has 1 heterocycles. The molecule has 1 aromatic carbocycles. The number of aryl methyl sites for hydroxylation is 1. The van der Waals surface area contributed by atoms with Gasteiger partial charge in [0.25, 0.3) is 5.91 Å². The monoisotopic (exact) mass is 246 g/mol. The lowest BCUT2D eigenvalue weighted by Crippen LogP contribution is -2.13. The molecule has 0 saturated carbocycles. The molecule has 0 radical (unpaired) electrons. The smallest absolute Gasteiger partial charge is 0.258 e. The number of amides is 1. The van der Waals surface area contributed by atoms with Crippen LogP contribution in [0.15, 0.2) is 36.7 Å². The maximum Gasteiger partial charge on any atom is 0.258 e. The van der Waals surface area contributed by atoms with E-state index in [4.69, 9.17) is 0 Å². The van der Waals surface area contributed by atoms with Crippen molar-refractivity contribution in [3.8, 4) is 5.75 Å². The van der Waals surface area contributed by atoms with Gasteiger partial charge in [0.2, 0.25) is 0 Å². The van der Waals surface area contributed by atoms with Gasteiger partial charge in [0.05, 0.1) is 11.8 Å². The zero-order valence-electron chi connectivity index (χ0n) is 9.64. The molecule has 0 aliphatic heterocycles. The molecule has 2 N–H and O–H groups in total. The average molecular weight is 246 g/mol. The lowest BCUT2D eigenvalue weighted by Gasteiger charge is -2.07. The minimum Gasteiger partial charge on any atom is -0.508 e. The Morgan fingerprint density at radius 1 is 1.39 bits per heavy atom. The summed E-state index contributed by atoms with van der Waals surface area (Å²) < 4.78 is 13.3. The first-order chi connectivity index (χ1) is 8.58. The maximum atomic E-state index is 13.3. The molecule has 92 valence electrons. The van der Waals surface area contributed by atoms with Crippen LogP contribution in [0.4, 0.5) is 10.1 Å². The van der Waals surface area contributed by atoms with Crippen molar-refractivity contribution in [1.82, 2.24) is 4.98 Å². The Hall–Kier alpha value is -2.43. The molecule has 0 fully saturated rings. The highest BCUT2D eigenvalue weighted by atomic mass is 19.1. The van der Waals surface area contributed by atoms with Crippen LogP contribution in [0.1, 0.15) is 15.9 Å². The Bertz CT molecular complexity index is 599. The summed E-state index contributed by atoms with van der Waals surface area (Å²) in [7, 11) is 0. The van der Waals surface area contributed by atoms with Gasteiger partial charge in [-0.05, 0) is 24.6 Å². The standard InChI is InChI=1S/C13H11FN2O2/c1-8-2-3-9(6-12(8)17)16-13(18)10-4-5-15-7-11(10)14/h2-7,17H,1H3,(H,16,18). The molecule has 0 bridgehead atoms. The highest BCUT2D eigenvalue weighted by molar-refractivity contribution is 6.04. The topological polar surface area (TPSA) is 62.2 Å².